The van der Waals surface area contributed by atoms with Gasteiger partial charge in [0.1, 0.15) is 11.6 Å². The monoisotopic (exact) mass is 322 g/mol. The van der Waals surface area contributed by atoms with Crippen LogP contribution in [0, 0.1) is 11.6 Å². The van der Waals surface area contributed by atoms with Gasteiger partial charge in [-0.1, -0.05) is 6.92 Å². The second-order valence-corrected chi connectivity index (χ2v) is 4.85. The van der Waals surface area contributed by atoms with Crippen LogP contribution in [-0.2, 0) is 11.2 Å². The van der Waals surface area contributed by atoms with Crippen molar-refractivity contribution in [3.05, 3.63) is 33.8 Å². The first-order valence-corrected chi connectivity index (χ1v) is 6.72. The molecule has 1 aromatic carbocycles. The van der Waals surface area contributed by atoms with Crippen LogP contribution in [-0.4, -0.2) is 23.9 Å². The third kappa shape index (κ3) is 3.73. The van der Waals surface area contributed by atoms with E-state index in [-0.39, 0.29) is 16.5 Å². The van der Waals surface area contributed by atoms with E-state index in [4.69, 9.17) is 4.74 Å². The molecule has 0 aliphatic rings. The highest BCUT2D eigenvalue weighted by Crippen LogP contribution is 2.24. The van der Waals surface area contributed by atoms with Gasteiger partial charge in [-0.15, -0.1) is 0 Å². The van der Waals surface area contributed by atoms with Gasteiger partial charge in [-0.05, 0) is 41.4 Å². The lowest BCUT2D eigenvalue weighted by Crippen LogP contribution is -2.31. The molecule has 2 nitrogen and oxygen atoms in total. The summed E-state index contributed by atoms with van der Waals surface area (Å²) in [5, 5.41) is 9.96. The summed E-state index contributed by atoms with van der Waals surface area (Å²) in [6, 6.07) is 2.48. The largest absolute Gasteiger partial charge is 0.390 e. The summed E-state index contributed by atoms with van der Waals surface area (Å²) < 4.78 is 32.8. The van der Waals surface area contributed by atoms with Gasteiger partial charge in [0.15, 0.2) is 0 Å². The minimum Gasteiger partial charge on any atom is -0.390 e. The summed E-state index contributed by atoms with van der Waals surface area (Å²) in [4.78, 5) is 0. The van der Waals surface area contributed by atoms with E-state index in [0.29, 0.717) is 13.0 Å². The van der Waals surface area contributed by atoms with Gasteiger partial charge in [0, 0.05) is 18.6 Å². The zero-order valence-corrected chi connectivity index (χ0v) is 12.0. The fourth-order valence-corrected chi connectivity index (χ4v) is 2.18. The molecule has 0 radical (unpaired) electrons. The van der Waals surface area contributed by atoms with E-state index in [1.807, 2.05) is 13.8 Å². The predicted octanol–water partition coefficient (Wildman–Crippen LogP) is 3.45. The molecule has 0 amide bonds. The van der Waals surface area contributed by atoms with E-state index in [1.165, 1.54) is 12.1 Å². The van der Waals surface area contributed by atoms with E-state index in [1.54, 1.807) is 0 Å². The molecule has 1 rings (SSSR count). The molecule has 0 aliphatic heterocycles. The Balaban J connectivity index is 2.87. The second-order valence-electron chi connectivity index (χ2n) is 4.00. The summed E-state index contributed by atoms with van der Waals surface area (Å²) in [6.07, 6.45) is -0.844. The molecule has 0 fully saturated rings. The third-order valence-corrected chi connectivity index (χ3v) is 3.38. The number of halogens is 3. The van der Waals surface area contributed by atoms with Crippen molar-refractivity contribution in [3.8, 4) is 0 Å². The Labute approximate surface area is 114 Å². The topological polar surface area (TPSA) is 29.5 Å². The van der Waals surface area contributed by atoms with Gasteiger partial charge in [0.25, 0.3) is 0 Å². The quantitative estimate of drug-likeness (QED) is 0.813. The number of hydrogen-bond acceptors (Lipinski definition) is 2. The molecule has 0 aliphatic carbocycles. The van der Waals surface area contributed by atoms with E-state index in [0.717, 1.165) is 0 Å². The van der Waals surface area contributed by atoms with Crippen molar-refractivity contribution in [3.63, 3.8) is 0 Å². The smallest absolute Gasteiger partial charge is 0.143 e. The van der Waals surface area contributed by atoms with Crippen LogP contribution in [0.25, 0.3) is 0 Å². The van der Waals surface area contributed by atoms with Crippen LogP contribution >= 0.6 is 15.9 Å². The third-order valence-electron chi connectivity index (χ3n) is 2.76. The predicted molar refractivity (Wildman–Crippen MR) is 69.5 cm³/mol. The summed E-state index contributed by atoms with van der Waals surface area (Å²) in [5.41, 5.74) is -0.116. The van der Waals surface area contributed by atoms with Gasteiger partial charge in [-0.25, -0.2) is 8.78 Å². The van der Waals surface area contributed by atoms with Crippen molar-refractivity contribution in [2.45, 2.75) is 38.9 Å². The molecular weight excluding hydrogens is 306 g/mol. The molecule has 0 saturated carbocycles. The van der Waals surface area contributed by atoms with Crippen molar-refractivity contribution in [1.29, 1.82) is 0 Å². The van der Waals surface area contributed by atoms with Gasteiger partial charge >= 0.3 is 0 Å². The van der Waals surface area contributed by atoms with Crippen LogP contribution < -0.4 is 0 Å². The molecule has 0 saturated heterocycles. The first-order valence-electron chi connectivity index (χ1n) is 5.93. The van der Waals surface area contributed by atoms with Gasteiger partial charge in [-0.3, -0.25) is 0 Å². The Kier molecular flexibility index (Phi) is 6.18. The number of hydrogen-bond donors (Lipinski definition) is 1. The molecule has 5 heteroatoms. The Morgan fingerprint density at radius 2 is 2.00 bits per heavy atom. The Morgan fingerprint density at radius 1 is 1.33 bits per heavy atom. The van der Waals surface area contributed by atoms with Crippen LogP contribution in [0.3, 0.4) is 0 Å². The maximum absolute atomic E-state index is 13.7. The van der Waals surface area contributed by atoms with E-state index < -0.39 is 23.8 Å². The summed E-state index contributed by atoms with van der Waals surface area (Å²) >= 11 is 3.00. The highest BCUT2D eigenvalue weighted by molar-refractivity contribution is 9.10. The van der Waals surface area contributed by atoms with Gasteiger partial charge in [0.2, 0.25) is 0 Å². The average Bonchev–Trinajstić information content (AvgIpc) is 2.36. The number of benzene rings is 1. The lowest BCUT2D eigenvalue weighted by molar-refractivity contribution is -0.0340. The zero-order chi connectivity index (χ0) is 13.7. The van der Waals surface area contributed by atoms with Gasteiger partial charge in [-0.2, -0.15) is 0 Å². The summed E-state index contributed by atoms with van der Waals surface area (Å²) in [7, 11) is 0. The highest BCUT2D eigenvalue weighted by Gasteiger charge is 2.22. The molecule has 18 heavy (non-hydrogen) atoms. The van der Waals surface area contributed by atoms with Crippen LogP contribution in [0.1, 0.15) is 25.8 Å². The first kappa shape index (κ1) is 15.5. The Bertz CT molecular complexity index is 399. The summed E-state index contributed by atoms with van der Waals surface area (Å²) in [6.45, 7) is 4.13. The van der Waals surface area contributed by atoms with Crippen molar-refractivity contribution >= 4 is 15.9 Å². The molecule has 1 N–H and O–H groups in total. The van der Waals surface area contributed by atoms with Crippen LogP contribution in [0.5, 0.6) is 0 Å². The Hall–Kier alpha value is -0.520. The van der Waals surface area contributed by atoms with Gasteiger partial charge < -0.3 is 9.84 Å². The number of rotatable bonds is 6. The maximum Gasteiger partial charge on any atom is 0.143 e. The number of aliphatic hydroxyl groups excluding tert-OH is 1. The Morgan fingerprint density at radius 3 is 2.56 bits per heavy atom. The molecule has 2 unspecified atom stereocenters. The first-order chi connectivity index (χ1) is 8.51. The minimum absolute atomic E-state index is 0.102. The standard InChI is InChI=1S/C13H17BrF2O2/c1-3-12(18-4-2)11(17)7-8-10(15)6-5-9(14)13(8)16/h5-6,11-12,17H,3-4,7H2,1-2H3. The zero-order valence-electron chi connectivity index (χ0n) is 10.4. The average molecular weight is 323 g/mol. The minimum atomic E-state index is -0.923. The van der Waals surface area contributed by atoms with Crippen molar-refractivity contribution in [2.24, 2.45) is 0 Å². The molecule has 0 aromatic heterocycles. The van der Waals surface area contributed by atoms with Crippen molar-refractivity contribution in [2.75, 3.05) is 6.61 Å². The van der Waals surface area contributed by atoms with E-state index in [9.17, 15) is 13.9 Å². The summed E-state index contributed by atoms with van der Waals surface area (Å²) in [5.74, 6) is -1.32. The van der Waals surface area contributed by atoms with E-state index in [2.05, 4.69) is 15.9 Å². The lowest BCUT2D eigenvalue weighted by atomic mass is 10.0. The fourth-order valence-electron chi connectivity index (χ4n) is 1.81. The van der Waals surface area contributed by atoms with Crippen LogP contribution in [0.15, 0.2) is 16.6 Å². The maximum atomic E-state index is 13.7. The molecule has 0 heterocycles. The van der Waals surface area contributed by atoms with Crippen LogP contribution in [0.4, 0.5) is 8.78 Å². The van der Waals surface area contributed by atoms with Gasteiger partial charge in [0.05, 0.1) is 16.7 Å². The second kappa shape index (κ2) is 7.16. The molecule has 2 atom stereocenters. The number of aliphatic hydroxyl groups is 1. The molecular formula is C13H17BrF2O2. The lowest BCUT2D eigenvalue weighted by Gasteiger charge is -2.22. The van der Waals surface area contributed by atoms with Crippen molar-refractivity contribution < 1.29 is 18.6 Å². The molecule has 1 aromatic rings. The fraction of sp³-hybridized carbons (Fsp3) is 0.538. The normalized spacial score (nSPS) is 14.6. The van der Waals surface area contributed by atoms with E-state index >= 15 is 0 Å². The number of ether oxygens (including phenoxy) is 1. The highest BCUT2D eigenvalue weighted by atomic mass is 79.9. The van der Waals surface area contributed by atoms with Crippen molar-refractivity contribution in [1.82, 2.24) is 0 Å². The molecule has 0 bridgehead atoms. The molecule has 0 spiro atoms. The van der Waals surface area contributed by atoms with Crippen LogP contribution in [0.2, 0.25) is 0 Å². The SMILES string of the molecule is CCOC(CC)C(O)Cc1c(F)ccc(Br)c1F. The molecule has 102 valence electrons.